The molecule has 1 aromatic heterocycles. The predicted octanol–water partition coefficient (Wildman–Crippen LogP) is 3.80. The first kappa shape index (κ1) is 14.7. The molecule has 4 nitrogen and oxygen atoms in total. The molecular weight excluding hydrogens is 299 g/mol. The summed E-state index contributed by atoms with van der Waals surface area (Å²) >= 11 is 1.72. The summed E-state index contributed by atoms with van der Waals surface area (Å²) in [6.45, 7) is 2.09. The second kappa shape index (κ2) is 6.70. The average molecular weight is 314 g/mol. The third kappa shape index (κ3) is 3.33. The van der Waals surface area contributed by atoms with Gasteiger partial charge in [-0.1, -0.05) is 30.3 Å². The molecule has 0 N–H and O–H groups in total. The van der Waals surface area contributed by atoms with Crippen LogP contribution in [0.2, 0.25) is 0 Å². The maximum atomic E-state index is 13.0. The van der Waals surface area contributed by atoms with E-state index in [9.17, 15) is 4.39 Å². The van der Waals surface area contributed by atoms with Crippen LogP contribution in [0.5, 0.6) is 0 Å². The fourth-order valence-electron chi connectivity index (χ4n) is 2.10. The van der Waals surface area contributed by atoms with Gasteiger partial charge in [-0.2, -0.15) is 4.68 Å². The Bertz CT molecular complexity index is 727. The number of thioether (sulfide) groups is 1. The molecule has 0 fully saturated rings. The lowest BCUT2D eigenvalue weighted by Crippen LogP contribution is -2.02. The molecule has 0 spiro atoms. The Labute approximate surface area is 132 Å². The van der Waals surface area contributed by atoms with E-state index in [4.69, 9.17) is 0 Å². The van der Waals surface area contributed by atoms with Gasteiger partial charge in [0, 0.05) is 5.25 Å². The molecule has 22 heavy (non-hydrogen) atoms. The van der Waals surface area contributed by atoms with Crippen molar-refractivity contribution in [3.8, 4) is 5.69 Å². The summed E-state index contributed by atoms with van der Waals surface area (Å²) in [5, 5.41) is 12.1. The fourth-order valence-corrected chi connectivity index (χ4v) is 3.02. The Balaban J connectivity index is 1.70. The molecule has 0 aliphatic heterocycles. The van der Waals surface area contributed by atoms with Crippen LogP contribution >= 0.6 is 11.8 Å². The highest BCUT2D eigenvalue weighted by Crippen LogP contribution is 2.30. The molecule has 0 aliphatic rings. The second-order valence-corrected chi connectivity index (χ2v) is 6.18. The lowest BCUT2D eigenvalue weighted by Gasteiger charge is -2.11. The Morgan fingerprint density at radius 1 is 1.09 bits per heavy atom. The van der Waals surface area contributed by atoms with E-state index in [0.717, 1.165) is 17.1 Å². The number of rotatable bonds is 5. The van der Waals surface area contributed by atoms with Crippen molar-refractivity contribution in [2.75, 3.05) is 0 Å². The summed E-state index contributed by atoms with van der Waals surface area (Å²) in [5.74, 6) is 1.26. The normalized spacial score (nSPS) is 12.3. The van der Waals surface area contributed by atoms with Crippen molar-refractivity contribution in [1.82, 2.24) is 20.2 Å². The van der Waals surface area contributed by atoms with E-state index in [1.165, 1.54) is 12.1 Å². The molecule has 0 radical (unpaired) electrons. The van der Waals surface area contributed by atoms with Gasteiger partial charge in [0.2, 0.25) is 0 Å². The summed E-state index contributed by atoms with van der Waals surface area (Å²) in [6.07, 6.45) is 0. The SMILES string of the molecule is CC(SCc1nnnn1-c1ccccc1)c1ccc(F)cc1. The molecule has 6 heteroatoms. The van der Waals surface area contributed by atoms with E-state index >= 15 is 0 Å². The van der Waals surface area contributed by atoms with Crippen LogP contribution in [0, 0.1) is 5.82 Å². The topological polar surface area (TPSA) is 43.6 Å². The van der Waals surface area contributed by atoms with E-state index in [1.807, 2.05) is 42.5 Å². The van der Waals surface area contributed by atoms with Crippen LogP contribution in [0.3, 0.4) is 0 Å². The molecule has 2 aromatic carbocycles. The van der Waals surface area contributed by atoms with E-state index in [1.54, 1.807) is 16.4 Å². The molecule has 0 saturated carbocycles. The largest absolute Gasteiger partial charge is 0.207 e. The Kier molecular flexibility index (Phi) is 4.48. The summed E-state index contributed by atoms with van der Waals surface area (Å²) < 4.78 is 14.7. The minimum absolute atomic E-state index is 0.214. The second-order valence-electron chi connectivity index (χ2n) is 4.85. The number of para-hydroxylation sites is 1. The third-order valence-corrected chi connectivity index (χ3v) is 4.53. The van der Waals surface area contributed by atoms with E-state index in [0.29, 0.717) is 5.75 Å². The Hall–Kier alpha value is -2.21. The van der Waals surface area contributed by atoms with Gasteiger partial charge in [0.05, 0.1) is 11.4 Å². The highest BCUT2D eigenvalue weighted by Gasteiger charge is 2.12. The third-order valence-electron chi connectivity index (χ3n) is 3.34. The van der Waals surface area contributed by atoms with Crippen LogP contribution in [-0.4, -0.2) is 20.2 Å². The highest BCUT2D eigenvalue weighted by atomic mass is 32.2. The summed E-state index contributed by atoms with van der Waals surface area (Å²) in [5.41, 5.74) is 2.03. The smallest absolute Gasteiger partial charge is 0.166 e. The minimum atomic E-state index is -0.214. The minimum Gasteiger partial charge on any atom is -0.207 e. The van der Waals surface area contributed by atoms with E-state index < -0.39 is 0 Å². The lowest BCUT2D eigenvalue weighted by molar-refractivity contribution is 0.627. The zero-order chi connectivity index (χ0) is 15.4. The molecule has 1 unspecified atom stereocenters. The number of nitrogens with zero attached hydrogens (tertiary/aromatic N) is 4. The van der Waals surface area contributed by atoms with Crippen LogP contribution in [0.1, 0.15) is 23.6 Å². The number of hydrogen-bond donors (Lipinski definition) is 0. The van der Waals surface area contributed by atoms with Crippen molar-refractivity contribution in [2.45, 2.75) is 17.9 Å². The van der Waals surface area contributed by atoms with Crippen molar-refractivity contribution >= 4 is 11.8 Å². The van der Waals surface area contributed by atoms with Crippen molar-refractivity contribution in [2.24, 2.45) is 0 Å². The average Bonchev–Trinajstić information content (AvgIpc) is 3.02. The van der Waals surface area contributed by atoms with Gasteiger partial charge in [-0.3, -0.25) is 0 Å². The van der Waals surface area contributed by atoms with Crippen LogP contribution in [-0.2, 0) is 5.75 Å². The first-order valence-electron chi connectivity index (χ1n) is 6.94. The first-order valence-corrected chi connectivity index (χ1v) is 7.98. The monoisotopic (exact) mass is 314 g/mol. The van der Waals surface area contributed by atoms with Gasteiger partial charge in [0.1, 0.15) is 5.82 Å². The van der Waals surface area contributed by atoms with Gasteiger partial charge >= 0.3 is 0 Å². The summed E-state index contributed by atoms with van der Waals surface area (Å²) in [4.78, 5) is 0. The number of halogens is 1. The summed E-state index contributed by atoms with van der Waals surface area (Å²) in [6, 6.07) is 16.4. The van der Waals surface area contributed by atoms with Crippen molar-refractivity contribution in [3.05, 3.63) is 71.8 Å². The Morgan fingerprint density at radius 2 is 1.82 bits per heavy atom. The lowest BCUT2D eigenvalue weighted by atomic mass is 10.2. The number of tetrazole rings is 1. The number of benzene rings is 2. The molecule has 0 saturated heterocycles. The van der Waals surface area contributed by atoms with Gasteiger partial charge in [0.15, 0.2) is 5.82 Å². The molecule has 1 heterocycles. The van der Waals surface area contributed by atoms with E-state index in [-0.39, 0.29) is 11.1 Å². The highest BCUT2D eigenvalue weighted by molar-refractivity contribution is 7.98. The molecule has 112 valence electrons. The summed E-state index contributed by atoms with van der Waals surface area (Å²) in [7, 11) is 0. The zero-order valence-electron chi connectivity index (χ0n) is 12.1. The zero-order valence-corrected chi connectivity index (χ0v) is 12.9. The van der Waals surface area contributed by atoms with Crippen molar-refractivity contribution in [3.63, 3.8) is 0 Å². The van der Waals surface area contributed by atoms with E-state index in [2.05, 4.69) is 22.4 Å². The first-order chi connectivity index (χ1) is 10.7. The van der Waals surface area contributed by atoms with Gasteiger partial charge in [-0.25, -0.2) is 4.39 Å². The van der Waals surface area contributed by atoms with Crippen molar-refractivity contribution < 1.29 is 4.39 Å². The molecule has 0 bridgehead atoms. The van der Waals surface area contributed by atoms with Gasteiger partial charge in [0.25, 0.3) is 0 Å². The standard InChI is InChI=1S/C16H15FN4S/c1-12(13-7-9-14(17)10-8-13)22-11-16-18-19-20-21(16)15-5-3-2-4-6-15/h2-10,12H,11H2,1H3. The van der Waals surface area contributed by atoms with Crippen LogP contribution in [0.4, 0.5) is 4.39 Å². The number of aromatic nitrogens is 4. The van der Waals surface area contributed by atoms with Crippen LogP contribution < -0.4 is 0 Å². The number of hydrogen-bond acceptors (Lipinski definition) is 4. The van der Waals surface area contributed by atoms with Gasteiger partial charge in [-0.05, 0) is 47.2 Å². The Morgan fingerprint density at radius 3 is 2.55 bits per heavy atom. The maximum absolute atomic E-state index is 13.0. The molecule has 0 amide bonds. The molecular formula is C16H15FN4S. The molecule has 1 atom stereocenters. The van der Waals surface area contributed by atoms with Gasteiger partial charge < -0.3 is 0 Å². The fraction of sp³-hybridized carbons (Fsp3) is 0.188. The quantitative estimate of drug-likeness (QED) is 0.718. The molecule has 0 aliphatic carbocycles. The molecule has 3 rings (SSSR count). The van der Waals surface area contributed by atoms with Gasteiger partial charge in [-0.15, -0.1) is 16.9 Å². The predicted molar refractivity (Wildman–Crippen MR) is 85.3 cm³/mol. The van der Waals surface area contributed by atoms with Crippen LogP contribution in [0.15, 0.2) is 54.6 Å². The van der Waals surface area contributed by atoms with Crippen LogP contribution in [0.25, 0.3) is 5.69 Å². The van der Waals surface area contributed by atoms with Crippen molar-refractivity contribution in [1.29, 1.82) is 0 Å². The molecule has 3 aromatic rings. The maximum Gasteiger partial charge on any atom is 0.166 e.